The van der Waals surface area contributed by atoms with Crippen LogP contribution in [0.4, 0.5) is 0 Å². The molecule has 0 N–H and O–H groups in total. The fourth-order valence-corrected chi connectivity index (χ4v) is 10.2. The Hall–Kier alpha value is -4.18. The first-order valence-corrected chi connectivity index (χ1v) is 17.2. The predicted octanol–water partition coefficient (Wildman–Crippen LogP) is 9.54. The van der Waals surface area contributed by atoms with Crippen LogP contribution in [-0.2, 0) is 12.8 Å². The number of hydrogen-bond acceptors (Lipinski definition) is 4. The summed E-state index contributed by atoms with van der Waals surface area (Å²) in [5.74, 6) is 3.49. The van der Waals surface area contributed by atoms with Gasteiger partial charge in [-0.25, -0.2) is 0 Å². The number of nitrogens with zero attached hydrogens (tertiary/aromatic N) is 4. The third kappa shape index (κ3) is 4.11. The lowest BCUT2D eigenvalue weighted by Crippen LogP contribution is -2.51. The Morgan fingerprint density at radius 2 is 0.957 bits per heavy atom. The monoisotopic (exact) mass is 602 g/mol. The molecule has 4 heteroatoms. The Morgan fingerprint density at radius 1 is 0.522 bits per heavy atom. The number of benzene rings is 1. The SMILES string of the molecule is CC1(C)[C@@H]2C[C@H]1[C@H](Cc1ccccc1C[C@@H]1c3cc(-c4ccccn4)ncc3[C@H]3C[C@@H]1C3(C)C)c1cc(-c3ccccn3)ncc12. The lowest BCUT2D eigenvalue weighted by molar-refractivity contribution is -0.00721. The van der Waals surface area contributed by atoms with E-state index in [9.17, 15) is 0 Å². The van der Waals surface area contributed by atoms with Crippen molar-refractivity contribution < 1.29 is 0 Å². The molecule has 0 amide bonds. The molecule has 5 aromatic rings. The molecule has 4 nitrogen and oxygen atoms in total. The Kier molecular flexibility index (Phi) is 6.20. The quantitative estimate of drug-likeness (QED) is 0.194. The molecule has 0 radical (unpaired) electrons. The van der Waals surface area contributed by atoms with Gasteiger partial charge in [0.25, 0.3) is 0 Å². The zero-order valence-electron chi connectivity index (χ0n) is 27.3. The summed E-state index contributed by atoms with van der Waals surface area (Å²) < 4.78 is 0. The zero-order chi connectivity index (χ0) is 31.2. The first-order chi connectivity index (χ1) is 22.3. The van der Waals surface area contributed by atoms with Gasteiger partial charge >= 0.3 is 0 Å². The van der Waals surface area contributed by atoms with Crippen LogP contribution in [0, 0.1) is 22.7 Å². The van der Waals surface area contributed by atoms with E-state index in [1.807, 2.05) is 24.5 Å². The lowest BCUT2D eigenvalue weighted by Gasteiger charge is -2.61. The van der Waals surface area contributed by atoms with Gasteiger partial charge in [-0.3, -0.25) is 19.9 Å². The number of hydrogen-bond donors (Lipinski definition) is 0. The van der Waals surface area contributed by atoms with Gasteiger partial charge in [0, 0.05) is 24.8 Å². The summed E-state index contributed by atoms with van der Waals surface area (Å²) >= 11 is 0. The van der Waals surface area contributed by atoms with Crippen molar-refractivity contribution in [3.63, 3.8) is 0 Å². The van der Waals surface area contributed by atoms with Crippen molar-refractivity contribution in [3.05, 3.63) is 131 Å². The predicted molar refractivity (Wildman–Crippen MR) is 184 cm³/mol. The Bertz CT molecular complexity index is 1800. The van der Waals surface area contributed by atoms with Crippen LogP contribution in [0.25, 0.3) is 22.8 Å². The minimum absolute atomic E-state index is 0.295. The molecule has 0 aliphatic heterocycles. The van der Waals surface area contributed by atoms with Crippen LogP contribution < -0.4 is 0 Å². The van der Waals surface area contributed by atoms with E-state index in [2.05, 4.69) is 111 Å². The van der Waals surface area contributed by atoms with Crippen LogP contribution >= 0.6 is 0 Å². The van der Waals surface area contributed by atoms with Gasteiger partial charge in [-0.1, -0.05) is 64.1 Å². The van der Waals surface area contributed by atoms with E-state index < -0.39 is 0 Å². The summed E-state index contributed by atoms with van der Waals surface area (Å²) in [6, 6.07) is 26.3. The van der Waals surface area contributed by atoms with E-state index in [1.165, 1.54) is 46.2 Å². The van der Waals surface area contributed by atoms with Gasteiger partial charge in [-0.2, -0.15) is 0 Å². The summed E-state index contributed by atoms with van der Waals surface area (Å²) in [5.41, 5.74) is 13.5. The molecule has 6 aliphatic carbocycles. The highest BCUT2D eigenvalue weighted by atomic mass is 14.8. The molecule has 0 spiro atoms. The Labute approximate surface area is 272 Å². The third-order valence-corrected chi connectivity index (χ3v) is 13.0. The van der Waals surface area contributed by atoms with Crippen LogP contribution in [0.5, 0.6) is 0 Å². The Morgan fingerprint density at radius 3 is 1.35 bits per heavy atom. The van der Waals surface area contributed by atoms with Crippen LogP contribution in [-0.4, -0.2) is 19.9 Å². The average Bonchev–Trinajstić information content (AvgIpc) is 3.09. The van der Waals surface area contributed by atoms with Gasteiger partial charge in [-0.05, 0) is 142 Å². The number of aromatic nitrogens is 4. The normalized spacial score (nSPS) is 27.5. The van der Waals surface area contributed by atoms with Crippen molar-refractivity contribution in [1.82, 2.24) is 19.9 Å². The lowest BCUT2D eigenvalue weighted by atomic mass is 9.43. The van der Waals surface area contributed by atoms with Crippen molar-refractivity contribution in [2.45, 2.75) is 77.0 Å². The number of pyridine rings is 4. The third-order valence-electron chi connectivity index (χ3n) is 13.0. The van der Waals surface area contributed by atoms with Gasteiger partial charge in [0.05, 0.1) is 22.8 Å². The molecule has 4 aromatic heterocycles. The first kappa shape index (κ1) is 28.1. The average molecular weight is 603 g/mol. The second-order valence-corrected chi connectivity index (χ2v) is 15.6. The molecule has 230 valence electrons. The van der Waals surface area contributed by atoms with Crippen LogP contribution in [0.1, 0.15) is 97.6 Å². The van der Waals surface area contributed by atoms with Crippen molar-refractivity contribution >= 4 is 0 Å². The largest absolute Gasteiger partial charge is 0.255 e. The van der Waals surface area contributed by atoms with Crippen molar-refractivity contribution in [2.24, 2.45) is 22.7 Å². The molecule has 11 rings (SSSR count). The van der Waals surface area contributed by atoms with Gasteiger partial charge in [0.1, 0.15) is 0 Å². The molecule has 46 heavy (non-hydrogen) atoms. The molecular formula is C42H42N4. The molecule has 4 heterocycles. The van der Waals surface area contributed by atoms with Crippen molar-refractivity contribution in [2.75, 3.05) is 0 Å². The maximum absolute atomic E-state index is 4.94. The molecule has 6 aliphatic rings. The van der Waals surface area contributed by atoms with Gasteiger partial charge < -0.3 is 0 Å². The molecule has 0 saturated heterocycles. The van der Waals surface area contributed by atoms with Crippen LogP contribution in [0.3, 0.4) is 0 Å². The highest BCUT2D eigenvalue weighted by Gasteiger charge is 2.58. The summed E-state index contributed by atoms with van der Waals surface area (Å²) in [6.45, 7) is 9.95. The summed E-state index contributed by atoms with van der Waals surface area (Å²) in [7, 11) is 0. The molecule has 2 saturated carbocycles. The van der Waals surface area contributed by atoms with Gasteiger partial charge in [0.2, 0.25) is 0 Å². The highest BCUT2D eigenvalue weighted by Crippen LogP contribution is 2.68. The van der Waals surface area contributed by atoms with E-state index in [0.717, 1.165) is 35.6 Å². The molecule has 1 aromatic carbocycles. The van der Waals surface area contributed by atoms with E-state index in [-0.39, 0.29) is 0 Å². The van der Waals surface area contributed by atoms with E-state index >= 15 is 0 Å². The van der Waals surface area contributed by atoms with Crippen LogP contribution in [0.2, 0.25) is 0 Å². The van der Waals surface area contributed by atoms with Crippen molar-refractivity contribution in [1.29, 1.82) is 0 Å². The fraction of sp³-hybridized carbons (Fsp3) is 0.381. The minimum atomic E-state index is 0.295. The van der Waals surface area contributed by atoms with E-state index in [4.69, 9.17) is 9.97 Å². The van der Waals surface area contributed by atoms with E-state index in [0.29, 0.717) is 46.3 Å². The minimum Gasteiger partial charge on any atom is -0.255 e. The zero-order valence-corrected chi connectivity index (χ0v) is 27.3. The van der Waals surface area contributed by atoms with Crippen LogP contribution in [0.15, 0.2) is 97.6 Å². The first-order valence-electron chi connectivity index (χ1n) is 17.2. The molecule has 4 bridgehead atoms. The number of rotatable bonds is 6. The van der Waals surface area contributed by atoms with Crippen molar-refractivity contribution in [3.8, 4) is 22.8 Å². The maximum Gasteiger partial charge on any atom is 0.0889 e. The van der Waals surface area contributed by atoms with Gasteiger partial charge in [0.15, 0.2) is 0 Å². The second-order valence-electron chi connectivity index (χ2n) is 15.6. The smallest absolute Gasteiger partial charge is 0.0889 e. The molecular weight excluding hydrogens is 560 g/mol. The Balaban J connectivity index is 1.09. The fourth-order valence-electron chi connectivity index (χ4n) is 10.2. The topological polar surface area (TPSA) is 51.6 Å². The standard InChI is InChI=1S/C42H42N4/c1-41(2)33-21-35(41)31-23-45-39(37-13-7-9-15-43-37)19-27(31)29(33)17-25-11-5-6-12-26(25)18-30-28-20-40(38-14-8-10-16-44-38)46-24-32(28)36-22-34(30)42(36,3)4/h5-16,19-20,23-24,29-30,33-36H,17-18,21-22H2,1-4H3/t29-,30-,33+,34+,35-,36-/m1/s1. The van der Waals surface area contributed by atoms with E-state index in [1.54, 1.807) is 0 Å². The summed E-state index contributed by atoms with van der Waals surface area (Å²) in [5, 5.41) is 0. The molecule has 2 fully saturated rings. The summed E-state index contributed by atoms with van der Waals surface area (Å²) in [6.07, 6.45) is 12.8. The highest BCUT2D eigenvalue weighted by molar-refractivity contribution is 5.59. The molecule has 6 atom stereocenters. The molecule has 0 unspecified atom stereocenters. The summed E-state index contributed by atoms with van der Waals surface area (Å²) in [4.78, 5) is 19.2. The van der Waals surface area contributed by atoms with Gasteiger partial charge in [-0.15, -0.1) is 0 Å². The maximum atomic E-state index is 4.94. The second kappa shape index (κ2) is 10.2.